The molecule has 0 bridgehead atoms. The highest BCUT2D eigenvalue weighted by atomic mass is 32.2. The summed E-state index contributed by atoms with van der Waals surface area (Å²) in [7, 11) is 0. The molecule has 1 fully saturated rings. The average Bonchev–Trinajstić information content (AvgIpc) is 3.39. The first-order valence-corrected chi connectivity index (χ1v) is 12.2. The van der Waals surface area contributed by atoms with Gasteiger partial charge in [-0.1, -0.05) is 71.2 Å². The number of ether oxygens (including phenoxy) is 1. The topological polar surface area (TPSA) is 98.4 Å². The summed E-state index contributed by atoms with van der Waals surface area (Å²) in [6.45, 7) is 0. The monoisotopic (exact) mass is 476 g/mol. The minimum absolute atomic E-state index is 0.238. The van der Waals surface area contributed by atoms with E-state index in [0.29, 0.717) is 17.0 Å². The SMILES string of the molecule is NC1C(=O)N2C(C(=O)OC(c3ccccc3)c3ccccc3)=C(/C=C\c3csnn3)CS[C@@H]12. The van der Waals surface area contributed by atoms with Crippen molar-refractivity contribution < 1.29 is 14.3 Å². The highest BCUT2D eigenvalue weighted by molar-refractivity contribution is 8.00. The number of amides is 1. The number of carbonyl (C=O) groups is 2. The molecule has 1 aromatic heterocycles. The molecule has 1 saturated heterocycles. The lowest BCUT2D eigenvalue weighted by Gasteiger charge is -2.48. The molecule has 3 aromatic rings. The molecule has 3 heterocycles. The van der Waals surface area contributed by atoms with Gasteiger partial charge in [0.05, 0.1) is 5.69 Å². The fraction of sp³-hybridized carbons (Fsp3) is 0.167. The molecular formula is C24H20N4O3S2. The number of hydrogen-bond acceptors (Lipinski definition) is 8. The van der Waals surface area contributed by atoms with Gasteiger partial charge in [0.25, 0.3) is 0 Å². The van der Waals surface area contributed by atoms with E-state index >= 15 is 0 Å². The average molecular weight is 477 g/mol. The molecular weight excluding hydrogens is 456 g/mol. The summed E-state index contributed by atoms with van der Waals surface area (Å²) in [4.78, 5) is 27.7. The molecule has 2 aromatic carbocycles. The third-order valence-corrected chi connectivity index (χ3v) is 7.34. The van der Waals surface area contributed by atoms with Gasteiger partial charge in [-0.05, 0) is 34.3 Å². The van der Waals surface area contributed by atoms with Crippen LogP contribution in [0, 0.1) is 0 Å². The number of hydrogen-bond donors (Lipinski definition) is 1. The maximum Gasteiger partial charge on any atom is 0.356 e. The van der Waals surface area contributed by atoms with Crippen LogP contribution in [-0.4, -0.2) is 43.5 Å². The van der Waals surface area contributed by atoms with E-state index < -0.39 is 18.1 Å². The third kappa shape index (κ3) is 4.22. The summed E-state index contributed by atoms with van der Waals surface area (Å²) < 4.78 is 9.92. The van der Waals surface area contributed by atoms with Crippen molar-refractivity contribution in [3.8, 4) is 0 Å². The number of nitrogens with two attached hydrogens (primary N) is 1. The summed E-state index contributed by atoms with van der Waals surface area (Å²) in [6.07, 6.45) is 2.97. The van der Waals surface area contributed by atoms with Crippen molar-refractivity contribution in [3.05, 3.63) is 100 Å². The molecule has 0 radical (unpaired) electrons. The van der Waals surface area contributed by atoms with E-state index in [0.717, 1.165) is 11.1 Å². The third-order valence-electron chi connectivity index (χ3n) is 5.49. The van der Waals surface area contributed by atoms with Gasteiger partial charge in [0.1, 0.15) is 17.1 Å². The maximum absolute atomic E-state index is 13.6. The first-order chi connectivity index (χ1) is 16.1. The van der Waals surface area contributed by atoms with Crippen LogP contribution in [0.3, 0.4) is 0 Å². The van der Waals surface area contributed by atoms with Crippen LogP contribution in [0.5, 0.6) is 0 Å². The Kier molecular flexibility index (Phi) is 6.08. The normalized spacial score (nSPS) is 20.2. The summed E-state index contributed by atoms with van der Waals surface area (Å²) in [6, 6.07) is 18.5. The lowest BCUT2D eigenvalue weighted by Crippen LogP contribution is -2.68. The molecule has 7 nitrogen and oxygen atoms in total. The van der Waals surface area contributed by atoms with Crippen LogP contribution in [0.15, 0.2) is 83.4 Å². The first-order valence-electron chi connectivity index (χ1n) is 10.3. The van der Waals surface area contributed by atoms with Crippen LogP contribution in [0.25, 0.3) is 6.08 Å². The van der Waals surface area contributed by atoms with E-state index in [1.807, 2.05) is 60.7 Å². The molecule has 0 spiro atoms. The molecule has 5 rings (SSSR count). The number of nitrogens with zero attached hydrogens (tertiary/aromatic N) is 3. The standard InChI is InChI=1S/C24H20N4O3S2/c25-19-22(29)28-20(17(13-32-23(19)28)11-12-18-14-33-27-26-18)24(30)31-21(15-7-3-1-4-8-15)16-9-5-2-6-10-16/h1-12,14,19,21,23H,13,25H2/b12-11-/t19?,23-/m0/s1. The van der Waals surface area contributed by atoms with Crippen LogP contribution in [0.2, 0.25) is 0 Å². The Morgan fingerprint density at radius 3 is 2.36 bits per heavy atom. The zero-order chi connectivity index (χ0) is 22.8. The number of esters is 1. The molecule has 2 atom stereocenters. The van der Waals surface area contributed by atoms with Crippen molar-refractivity contribution in [2.24, 2.45) is 5.73 Å². The lowest BCUT2D eigenvalue weighted by molar-refractivity contribution is -0.153. The van der Waals surface area contributed by atoms with Crippen molar-refractivity contribution in [3.63, 3.8) is 0 Å². The smallest absolute Gasteiger partial charge is 0.356 e. The summed E-state index contributed by atoms with van der Waals surface area (Å²) >= 11 is 2.78. The minimum atomic E-state index is -0.620. The number of aromatic nitrogens is 2. The largest absolute Gasteiger partial charge is 0.448 e. The zero-order valence-electron chi connectivity index (χ0n) is 17.4. The fourth-order valence-electron chi connectivity index (χ4n) is 3.83. The molecule has 1 unspecified atom stereocenters. The number of carbonyl (C=O) groups excluding carboxylic acids is 2. The highest BCUT2D eigenvalue weighted by Crippen LogP contribution is 2.41. The second-order valence-electron chi connectivity index (χ2n) is 7.58. The number of allylic oxidation sites excluding steroid dienone is 1. The number of β-lactam (4-membered cyclic amide) rings is 1. The van der Waals surface area contributed by atoms with Crippen LogP contribution < -0.4 is 5.73 Å². The quantitative estimate of drug-likeness (QED) is 0.430. The van der Waals surface area contributed by atoms with Gasteiger partial charge in [0.15, 0.2) is 6.10 Å². The van der Waals surface area contributed by atoms with Crippen LogP contribution in [0.1, 0.15) is 22.9 Å². The second kappa shape index (κ2) is 9.30. The zero-order valence-corrected chi connectivity index (χ0v) is 19.0. The molecule has 0 saturated carbocycles. The van der Waals surface area contributed by atoms with E-state index in [-0.39, 0.29) is 17.0 Å². The predicted octanol–water partition coefficient (Wildman–Crippen LogP) is 3.38. The van der Waals surface area contributed by atoms with Crippen LogP contribution in [0.4, 0.5) is 0 Å². The van der Waals surface area contributed by atoms with E-state index in [2.05, 4.69) is 9.59 Å². The Labute approximate surface area is 199 Å². The molecule has 9 heteroatoms. The van der Waals surface area contributed by atoms with Crippen molar-refractivity contribution in [2.45, 2.75) is 17.5 Å². The summed E-state index contributed by atoms with van der Waals surface area (Å²) in [5.74, 6) is -0.312. The van der Waals surface area contributed by atoms with Crippen molar-refractivity contribution in [1.29, 1.82) is 0 Å². The lowest BCUT2D eigenvalue weighted by atomic mass is 10.0. The van der Waals surface area contributed by atoms with Crippen LogP contribution in [-0.2, 0) is 14.3 Å². The van der Waals surface area contributed by atoms with Gasteiger partial charge in [0.2, 0.25) is 5.91 Å². The van der Waals surface area contributed by atoms with Crippen molar-refractivity contribution in [2.75, 3.05) is 5.75 Å². The number of thioether (sulfide) groups is 1. The molecule has 2 aliphatic rings. The Bertz CT molecular complexity index is 1170. The Hall–Kier alpha value is -3.27. The van der Waals surface area contributed by atoms with Crippen molar-refractivity contribution in [1.82, 2.24) is 14.5 Å². The van der Waals surface area contributed by atoms with Gasteiger partial charge in [-0.25, -0.2) is 4.79 Å². The predicted molar refractivity (Wildman–Crippen MR) is 128 cm³/mol. The van der Waals surface area contributed by atoms with Gasteiger partial charge in [0, 0.05) is 11.1 Å². The van der Waals surface area contributed by atoms with E-state index in [4.69, 9.17) is 10.5 Å². The number of benzene rings is 2. The van der Waals surface area contributed by atoms with Gasteiger partial charge in [-0.15, -0.1) is 16.9 Å². The van der Waals surface area contributed by atoms with E-state index in [1.54, 1.807) is 17.5 Å². The Morgan fingerprint density at radius 1 is 1.09 bits per heavy atom. The highest BCUT2D eigenvalue weighted by Gasteiger charge is 2.52. The molecule has 166 valence electrons. The Balaban J connectivity index is 1.51. The number of fused-ring (bicyclic) bond motifs is 1. The maximum atomic E-state index is 13.6. The molecule has 0 aliphatic carbocycles. The van der Waals surface area contributed by atoms with Gasteiger partial charge < -0.3 is 10.5 Å². The molecule has 1 amide bonds. The summed E-state index contributed by atoms with van der Waals surface area (Å²) in [5.41, 5.74) is 9.30. The second-order valence-corrected chi connectivity index (χ2v) is 9.29. The summed E-state index contributed by atoms with van der Waals surface area (Å²) in [5, 5.41) is 5.54. The molecule has 33 heavy (non-hydrogen) atoms. The molecule has 2 N–H and O–H groups in total. The number of rotatable bonds is 6. The van der Waals surface area contributed by atoms with Gasteiger partial charge in [-0.3, -0.25) is 9.69 Å². The minimum Gasteiger partial charge on any atom is -0.448 e. The van der Waals surface area contributed by atoms with Crippen molar-refractivity contribution >= 4 is 41.2 Å². The Morgan fingerprint density at radius 2 is 1.76 bits per heavy atom. The van der Waals surface area contributed by atoms with Gasteiger partial charge >= 0.3 is 5.97 Å². The van der Waals surface area contributed by atoms with E-state index in [9.17, 15) is 9.59 Å². The van der Waals surface area contributed by atoms with E-state index in [1.165, 1.54) is 28.2 Å². The fourth-order valence-corrected chi connectivity index (χ4v) is 5.52. The first kappa shape index (κ1) is 21.6. The van der Waals surface area contributed by atoms with Gasteiger partial charge in [-0.2, -0.15) is 0 Å². The molecule has 2 aliphatic heterocycles. The van der Waals surface area contributed by atoms with Crippen LogP contribution >= 0.6 is 23.3 Å².